The fraction of sp³-hybridized carbons (Fsp3) is 0.507. The molecule has 9 heterocycles. The molecule has 13 bridgehead atoms. The number of cyclic esters (lactones) is 1. The van der Waals surface area contributed by atoms with Gasteiger partial charge in [-0.1, -0.05) is 45.1 Å². The van der Waals surface area contributed by atoms with Gasteiger partial charge in [0.1, 0.15) is 120 Å². The van der Waals surface area contributed by atoms with Gasteiger partial charge < -0.3 is 88.8 Å². The minimum atomic E-state index is -2.19. The Balaban J connectivity index is 1.17. The van der Waals surface area contributed by atoms with Crippen LogP contribution in [0.25, 0.3) is 6.08 Å². The number of amides is 10. The number of aliphatic imine (C=N–C) groups is 2. The maximum Gasteiger partial charge on any atom is 0.357 e. The molecule has 1 aliphatic carbocycles. The third kappa shape index (κ3) is 20.1. The lowest BCUT2D eigenvalue weighted by atomic mass is 9.80. The van der Waals surface area contributed by atoms with Crippen LogP contribution >= 0.6 is 68.9 Å². The molecular formula is C73H93N19O17S6. The van der Waals surface area contributed by atoms with Crippen molar-refractivity contribution in [2.75, 3.05) is 37.9 Å². The van der Waals surface area contributed by atoms with Crippen LogP contribution in [0.5, 0.6) is 0 Å². The second-order valence-electron chi connectivity index (χ2n) is 28.9. The van der Waals surface area contributed by atoms with Gasteiger partial charge in [0.15, 0.2) is 0 Å². The second kappa shape index (κ2) is 37.4. The number of pyridine rings is 1. The van der Waals surface area contributed by atoms with E-state index >= 15 is 14.4 Å². The number of primary amides is 1. The normalized spacial score (nSPS) is 27.2. The third-order valence-electron chi connectivity index (χ3n) is 20.0. The summed E-state index contributed by atoms with van der Waals surface area (Å²) in [6.07, 6.45) is -2.94. The van der Waals surface area contributed by atoms with Crippen molar-refractivity contribution < 1.29 is 83.0 Å². The van der Waals surface area contributed by atoms with Crippen molar-refractivity contribution in [1.82, 2.24) is 83.0 Å². The maximum atomic E-state index is 15.4. The van der Waals surface area contributed by atoms with Crippen molar-refractivity contribution in [2.45, 2.75) is 191 Å². The molecule has 0 saturated heterocycles. The molecule has 3 unspecified atom stereocenters. The van der Waals surface area contributed by atoms with E-state index in [4.69, 9.17) is 25.4 Å². The molecular weight excluding hydrogens is 1610 g/mol. The molecule has 0 aromatic carbocycles. The van der Waals surface area contributed by atoms with Crippen molar-refractivity contribution >= 4 is 151 Å². The molecule has 115 heavy (non-hydrogen) atoms. The van der Waals surface area contributed by atoms with Gasteiger partial charge in [0.25, 0.3) is 23.6 Å². The number of thiazole rings is 4. The van der Waals surface area contributed by atoms with Crippen LogP contribution in [0, 0.1) is 5.92 Å². The number of esters is 1. The summed E-state index contributed by atoms with van der Waals surface area (Å²) in [4.78, 5) is 195. The Morgan fingerprint density at radius 3 is 2.18 bits per heavy atom. The van der Waals surface area contributed by atoms with Gasteiger partial charge in [0.2, 0.25) is 35.4 Å². The molecule has 0 saturated carbocycles. The topological polar surface area (TPSA) is 537 Å². The highest BCUT2D eigenvalue weighted by Gasteiger charge is 2.51. The molecule has 5 aliphatic rings. The number of rotatable bonds is 15. The highest BCUT2D eigenvalue weighted by molar-refractivity contribution is 8.14. The first-order valence-electron chi connectivity index (χ1n) is 36.7. The molecule has 18 atom stereocenters. The van der Waals surface area contributed by atoms with Crippen LogP contribution < -0.4 is 58.9 Å². The summed E-state index contributed by atoms with van der Waals surface area (Å²) in [6, 6.07) is -12.5. The molecule has 17 N–H and O–H groups in total. The van der Waals surface area contributed by atoms with Crippen LogP contribution in [0.2, 0.25) is 0 Å². The molecule has 618 valence electrons. The van der Waals surface area contributed by atoms with Crippen LogP contribution in [-0.4, -0.2) is 235 Å². The number of nitrogens with two attached hydrogens (primary N) is 1. The minimum absolute atomic E-state index is 0.00371. The lowest BCUT2D eigenvalue weighted by Crippen LogP contribution is -2.57. The standard InChI is InChI=1S/C73H93N19O17S6/c1-14-29(3)49-64(105)77-31(5)58(99)75-30(4)57(98)76-32(6)59(100)91-73-19-18-41(67-85-45(25-112-67)60(101)82-44(56(74)97)23-110-21-20-92(12)13)80-54(73)43-24-113-68(83-43)51(35(9)109-70(107)42-22-38(33(7)93)37-16-17-40(78-49)53(96)52(37)79-42)89-61(102)46-27-114-69(86-46)55(72(11,108)36(10)95)90-63(104)47-26-111-66(84-47)39(15-2)81-65(106)50(34(8)94)88-62(103)48-28-115-71(73)87-48/h15-17,22,24-25,27-29,31-36,40,44,47,49-51,53-55,78,93-96,108H,4,14,18-21,23,26H2,1-3,5-13H3,(H2,74,97)(H,75,99)(H,76,98)(H,77,105)(H,81,106)(H,82,101)(H,88,103)(H,89,102)(H,90,104)(H,91,100)/b39-15-/t29-,31-,32-,33-,34+,35+,36+,40?,44?,47+,49-,50-,51-,53-,54+,55+,72+,73?/m0/s1. The summed E-state index contributed by atoms with van der Waals surface area (Å²) in [5.41, 5.74) is 0.274. The van der Waals surface area contributed by atoms with Crippen LogP contribution in [0.3, 0.4) is 0 Å². The number of aliphatic hydroxyl groups is 5. The van der Waals surface area contributed by atoms with E-state index in [1.807, 2.05) is 25.9 Å². The quantitative estimate of drug-likeness (QED) is 0.0399. The van der Waals surface area contributed by atoms with Crippen LogP contribution in [0.1, 0.15) is 203 Å². The molecule has 0 radical (unpaired) electrons. The van der Waals surface area contributed by atoms with Crippen molar-refractivity contribution in [2.24, 2.45) is 21.6 Å². The van der Waals surface area contributed by atoms with Crippen molar-refractivity contribution in [3.05, 3.63) is 123 Å². The summed E-state index contributed by atoms with van der Waals surface area (Å²) in [5, 5.41) is 91.2. The highest BCUT2D eigenvalue weighted by Crippen LogP contribution is 2.48. The van der Waals surface area contributed by atoms with E-state index in [9.17, 15) is 63.9 Å². The lowest BCUT2D eigenvalue weighted by molar-refractivity contribution is -0.131. The summed E-state index contributed by atoms with van der Waals surface area (Å²) in [5.74, 6) is -9.68. The van der Waals surface area contributed by atoms with Crippen molar-refractivity contribution in [1.29, 1.82) is 0 Å². The molecule has 10 amide bonds. The number of thioether (sulfide) groups is 2. The van der Waals surface area contributed by atoms with Crippen LogP contribution in [-0.2, 0) is 43.8 Å². The van der Waals surface area contributed by atoms with Gasteiger partial charge in [-0.2, -0.15) is 11.8 Å². The molecule has 0 fully saturated rings. The SMILES string of the molecule is C=C1NC(=O)[C@H](C)NC(=O)[C@H]([C@@H](C)CC)NC2C=Cc3c([C@H](C)O)cc(nc3[C@H]2O)C(=O)O[C@H](C)[C@@H]2NC(=O)c3csc(n3)[C@H]([C@](C)(O)[C@@H](C)O)NC(=O)[C@H]3CSC(=N3)/C(=C/C)NC(=O)[C@H]([C@@H](C)O)NC(=O)c3csc(n3)C3(CCC(c4nc(C(=O)NC(CSCCN(C)C)C(N)=O)cs4)=N[C@@H]3c3csc2n3)NC(=O)[C@H](C)NC1=O. The Morgan fingerprint density at radius 2 is 1.50 bits per heavy atom. The number of ether oxygens (including phenoxy) is 1. The molecule has 4 aliphatic heterocycles. The number of fused-ring (bicyclic) bond motifs is 7. The van der Waals surface area contributed by atoms with Gasteiger partial charge in [-0.05, 0) is 99.9 Å². The Hall–Kier alpha value is -9.18. The van der Waals surface area contributed by atoms with Gasteiger partial charge in [-0.3, -0.25) is 63.2 Å². The van der Waals surface area contributed by atoms with E-state index in [0.717, 1.165) is 57.1 Å². The second-order valence-corrected chi connectivity index (χ2v) is 34.5. The van der Waals surface area contributed by atoms with Gasteiger partial charge in [-0.15, -0.1) is 57.1 Å². The molecule has 42 heteroatoms. The zero-order valence-corrected chi connectivity index (χ0v) is 69.7. The number of nitrogens with zero attached hydrogens (tertiary/aromatic N) is 8. The van der Waals surface area contributed by atoms with Crippen LogP contribution in [0.4, 0.5) is 0 Å². The zero-order chi connectivity index (χ0) is 84.0. The fourth-order valence-electron chi connectivity index (χ4n) is 12.7. The lowest BCUT2D eigenvalue weighted by Gasteiger charge is -2.41. The number of allylic oxidation sites excluding steroid dienone is 1. The summed E-state index contributed by atoms with van der Waals surface area (Å²) >= 11 is 6.01. The van der Waals surface area contributed by atoms with Gasteiger partial charge >= 0.3 is 5.97 Å². The Bertz CT molecular complexity index is 4720. The highest BCUT2D eigenvalue weighted by atomic mass is 32.2. The number of hydrogen-bond acceptors (Lipinski definition) is 32. The average Bonchev–Trinajstić information content (AvgIpc) is 1.61. The van der Waals surface area contributed by atoms with Crippen molar-refractivity contribution in [3.63, 3.8) is 0 Å². The van der Waals surface area contributed by atoms with E-state index in [-0.39, 0.29) is 100 Å². The monoisotopic (exact) mass is 1700 g/mol. The average molecular weight is 1700 g/mol. The van der Waals surface area contributed by atoms with E-state index in [1.165, 1.54) is 93.9 Å². The van der Waals surface area contributed by atoms with Gasteiger partial charge in [0, 0.05) is 50.9 Å². The number of carbonyl (C=O) groups excluding carboxylic acids is 11. The number of nitrogens with one attached hydrogen (secondary N) is 10. The molecule has 5 aromatic rings. The maximum absolute atomic E-state index is 15.4. The predicted octanol–water partition coefficient (Wildman–Crippen LogP) is 1.29. The first kappa shape index (κ1) is 88.2. The number of carbonyl (C=O) groups is 11. The van der Waals surface area contributed by atoms with E-state index in [1.54, 1.807) is 26.0 Å². The third-order valence-corrected chi connectivity index (χ3v) is 25.9. The summed E-state index contributed by atoms with van der Waals surface area (Å²) in [7, 11) is 3.78. The summed E-state index contributed by atoms with van der Waals surface area (Å²) < 4.78 is 6.29. The number of aromatic nitrogens is 5. The van der Waals surface area contributed by atoms with E-state index in [2.05, 4.69) is 79.7 Å². The predicted molar refractivity (Wildman–Crippen MR) is 431 cm³/mol. The largest absolute Gasteiger partial charge is 0.455 e. The number of aliphatic hydroxyl groups excluding tert-OH is 4. The fourth-order valence-corrected chi connectivity index (χ4v) is 18.7. The first-order valence-corrected chi connectivity index (χ1v) is 42.4. The Kier molecular flexibility index (Phi) is 28.7. The summed E-state index contributed by atoms with van der Waals surface area (Å²) in [6.45, 7) is 18.9. The van der Waals surface area contributed by atoms with E-state index in [0.29, 0.717) is 18.7 Å². The van der Waals surface area contributed by atoms with E-state index < -0.39 is 184 Å². The minimum Gasteiger partial charge on any atom is -0.455 e. The molecule has 10 rings (SSSR count). The Morgan fingerprint density at radius 1 is 0.809 bits per heavy atom. The van der Waals surface area contributed by atoms with Crippen LogP contribution in [0.15, 0.2) is 67.7 Å². The zero-order valence-electron chi connectivity index (χ0n) is 64.8. The van der Waals surface area contributed by atoms with Gasteiger partial charge in [0.05, 0.1) is 58.9 Å². The molecule has 5 aromatic heterocycles. The molecule has 0 spiro atoms. The first-order chi connectivity index (χ1) is 54.3. The van der Waals surface area contributed by atoms with Gasteiger partial charge in [-0.25, -0.2) is 29.7 Å². The van der Waals surface area contributed by atoms with Crippen molar-refractivity contribution in [3.8, 4) is 0 Å². The molecule has 36 nitrogen and oxygen atoms in total. The number of hydrogen-bond donors (Lipinski definition) is 16. The smallest absolute Gasteiger partial charge is 0.357 e. The Labute approximate surface area is 685 Å².